The molecule has 1 aliphatic rings. The minimum Gasteiger partial charge on any atom is -0.480 e. The first-order valence-corrected chi connectivity index (χ1v) is 5.53. The maximum atomic E-state index is 11.5. The van der Waals surface area contributed by atoms with E-state index >= 15 is 0 Å². The molecule has 0 saturated carbocycles. The molecule has 1 aliphatic heterocycles. The van der Waals surface area contributed by atoms with Crippen LogP contribution in [0.5, 0.6) is 0 Å². The van der Waals surface area contributed by atoms with Gasteiger partial charge < -0.3 is 15.7 Å². The molecule has 1 heterocycles. The summed E-state index contributed by atoms with van der Waals surface area (Å²) in [5.74, 6) is -0.173. The fourth-order valence-corrected chi connectivity index (χ4v) is 2.46. The maximum Gasteiger partial charge on any atom is 0.327 e. The standard InChI is InChI=1S/C8H14N2O3S/c1-5(9)2-7(11)10-4-14-3-6(10)8(12)13/h5-6H,2-4,9H2,1H3,(H,12,13)/t5?,6-/m0/s1. The highest BCUT2D eigenvalue weighted by atomic mass is 32.2. The zero-order valence-corrected chi connectivity index (χ0v) is 8.79. The summed E-state index contributed by atoms with van der Waals surface area (Å²) >= 11 is 1.46. The number of hydrogen-bond acceptors (Lipinski definition) is 4. The Balaban J connectivity index is 2.58. The van der Waals surface area contributed by atoms with Crippen LogP contribution in [0.2, 0.25) is 0 Å². The van der Waals surface area contributed by atoms with Crippen molar-refractivity contribution in [1.29, 1.82) is 0 Å². The van der Waals surface area contributed by atoms with Crippen molar-refractivity contribution < 1.29 is 14.7 Å². The third-order valence-electron chi connectivity index (χ3n) is 1.98. The topological polar surface area (TPSA) is 83.6 Å². The molecule has 0 radical (unpaired) electrons. The molecule has 80 valence electrons. The fraction of sp³-hybridized carbons (Fsp3) is 0.750. The number of thioether (sulfide) groups is 1. The molecule has 1 amide bonds. The Bertz CT molecular complexity index is 245. The second-order valence-electron chi connectivity index (χ2n) is 3.40. The lowest BCUT2D eigenvalue weighted by molar-refractivity contribution is -0.147. The smallest absolute Gasteiger partial charge is 0.327 e. The summed E-state index contributed by atoms with van der Waals surface area (Å²) in [7, 11) is 0. The van der Waals surface area contributed by atoms with Crippen LogP contribution in [0.25, 0.3) is 0 Å². The van der Waals surface area contributed by atoms with Crippen molar-refractivity contribution >= 4 is 23.6 Å². The average Bonchev–Trinajstić information content (AvgIpc) is 2.49. The largest absolute Gasteiger partial charge is 0.480 e. The molecule has 0 aliphatic carbocycles. The molecule has 1 unspecified atom stereocenters. The van der Waals surface area contributed by atoms with Gasteiger partial charge in [0, 0.05) is 18.2 Å². The molecule has 0 aromatic heterocycles. The molecule has 1 fully saturated rings. The number of carbonyl (C=O) groups is 2. The van der Waals surface area contributed by atoms with E-state index < -0.39 is 12.0 Å². The lowest BCUT2D eigenvalue weighted by atomic mass is 10.2. The van der Waals surface area contributed by atoms with Crippen molar-refractivity contribution in [3.8, 4) is 0 Å². The Hall–Kier alpha value is -0.750. The minimum absolute atomic E-state index is 0.169. The van der Waals surface area contributed by atoms with Crippen molar-refractivity contribution in [2.45, 2.75) is 25.4 Å². The number of carboxylic acid groups (broad SMARTS) is 1. The Morgan fingerprint density at radius 2 is 2.36 bits per heavy atom. The predicted molar refractivity (Wildman–Crippen MR) is 53.9 cm³/mol. The van der Waals surface area contributed by atoms with Gasteiger partial charge in [0.2, 0.25) is 5.91 Å². The van der Waals surface area contributed by atoms with Crippen molar-refractivity contribution in [3.05, 3.63) is 0 Å². The van der Waals surface area contributed by atoms with Gasteiger partial charge in [-0.2, -0.15) is 0 Å². The van der Waals surface area contributed by atoms with Crippen molar-refractivity contribution in [1.82, 2.24) is 4.90 Å². The zero-order chi connectivity index (χ0) is 10.7. The third kappa shape index (κ3) is 2.62. The summed E-state index contributed by atoms with van der Waals surface area (Å²) in [6.45, 7) is 1.73. The Morgan fingerprint density at radius 3 is 2.86 bits per heavy atom. The highest BCUT2D eigenvalue weighted by molar-refractivity contribution is 7.99. The van der Waals surface area contributed by atoms with Gasteiger partial charge in [-0.3, -0.25) is 4.79 Å². The number of rotatable bonds is 3. The number of hydrogen-bond donors (Lipinski definition) is 2. The van der Waals surface area contributed by atoms with Crippen molar-refractivity contribution in [2.24, 2.45) is 5.73 Å². The van der Waals surface area contributed by atoms with E-state index in [-0.39, 0.29) is 18.4 Å². The van der Waals surface area contributed by atoms with Crippen LogP contribution in [0.1, 0.15) is 13.3 Å². The summed E-state index contributed by atoms with van der Waals surface area (Å²) in [6, 6.07) is -0.895. The van der Waals surface area contributed by atoms with Crippen molar-refractivity contribution in [2.75, 3.05) is 11.6 Å². The summed E-state index contributed by atoms with van der Waals surface area (Å²) in [5, 5.41) is 8.83. The predicted octanol–water partition coefficient (Wildman–Crippen LogP) is -0.290. The number of nitrogens with two attached hydrogens (primary N) is 1. The Kier molecular flexibility index (Phi) is 3.77. The minimum atomic E-state index is -0.937. The molecule has 6 heteroatoms. The number of carbonyl (C=O) groups excluding carboxylic acids is 1. The normalized spacial score (nSPS) is 23.6. The molecule has 2 atom stereocenters. The monoisotopic (exact) mass is 218 g/mol. The zero-order valence-electron chi connectivity index (χ0n) is 7.97. The first kappa shape index (κ1) is 11.3. The average molecular weight is 218 g/mol. The highest BCUT2D eigenvalue weighted by Gasteiger charge is 2.34. The molecule has 0 aromatic carbocycles. The molecular formula is C8H14N2O3S. The molecular weight excluding hydrogens is 204 g/mol. The van der Waals surface area contributed by atoms with Gasteiger partial charge in [0.1, 0.15) is 6.04 Å². The van der Waals surface area contributed by atoms with Crippen LogP contribution in [0.4, 0.5) is 0 Å². The van der Waals surface area contributed by atoms with Gasteiger partial charge in [-0.15, -0.1) is 11.8 Å². The maximum absolute atomic E-state index is 11.5. The van der Waals surface area contributed by atoms with Crippen molar-refractivity contribution in [3.63, 3.8) is 0 Å². The van der Waals surface area contributed by atoms with Gasteiger partial charge in [-0.1, -0.05) is 0 Å². The SMILES string of the molecule is CC(N)CC(=O)N1CSC[C@H]1C(=O)O. The Labute approximate surface area is 86.6 Å². The molecule has 14 heavy (non-hydrogen) atoms. The second kappa shape index (κ2) is 4.65. The van der Waals surface area contributed by atoms with E-state index in [1.165, 1.54) is 16.7 Å². The van der Waals surface area contributed by atoms with Gasteiger partial charge in [-0.05, 0) is 6.92 Å². The van der Waals surface area contributed by atoms with Gasteiger partial charge in [-0.25, -0.2) is 4.79 Å². The quantitative estimate of drug-likeness (QED) is 0.680. The van der Waals surface area contributed by atoms with E-state index in [2.05, 4.69) is 0 Å². The van der Waals surface area contributed by atoms with E-state index in [0.717, 1.165) is 0 Å². The summed E-state index contributed by atoms with van der Waals surface area (Å²) < 4.78 is 0. The number of aliphatic carboxylic acids is 1. The number of carboxylic acids is 1. The van der Waals surface area contributed by atoms with Crippen LogP contribution in [-0.4, -0.2) is 45.6 Å². The third-order valence-corrected chi connectivity index (χ3v) is 3.00. The highest BCUT2D eigenvalue weighted by Crippen LogP contribution is 2.21. The fourth-order valence-electron chi connectivity index (χ4n) is 1.29. The summed E-state index contributed by atoms with van der Waals surface area (Å²) in [4.78, 5) is 23.7. The summed E-state index contributed by atoms with van der Waals surface area (Å²) in [5.41, 5.74) is 5.48. The first-order valence-electron chi connectivity index (χ1n) is 4.38. The first-order chi connectivity index (χ1) is 6.52. The van der Waals surface area contributed by atoms with Gasteiger partial charge in [0.15, 0.2) is 0 Å². The van der Waals surface area contributed by atoms with E-state index in [1.54, 1.807) is 6.92 Å². The molecule has 0 spiro atoms. The van der Waals surface area contributed by atoms with Gasteiger partial charge in [0.25, 0.3) is 0 Å². The lowest BCUT2D eigenvalue weighted by Crippen LogP contribution is -2.43. The van der Waals surface area contributed by atoms with Crippen LogP contribution < -0.4 is 5.73 Å². The second-order valence-corrected chi connectivity index (χ2v) is 4.40. The van der Waals surface area contributed by atoms with Crippen LogP contribution >= 0.6 is 11.8 Å². The molecule has 1 rings (SSSR count). The van der Waals surface area contributed by atoms with Crippen LogP contribution in [-0.2, 0) is 9.59 Å². The van der Waals surface area contributed by atoms with Crippen LogP contribution in [0.15, 0.2) is 0 Å². The van der Waals surface area contributed by atoms with Gasteiger partial charge in [0.05, 0.1) is 5.88 Å². The molecule has 3 N–H and O–H groups in total. The van der Waals surface area contributed by atoms with E-state index in [4.69, 9.17) is 10.8 Å². The van der Waals surface area contributed by atoms with E-state index in [1.807, 2.05) is 0 Å². The van der Waals surface area contributed by atoms with Crippen LogP contribution in [0.3, 0.4) is 0 Å². The molecule has 5 nitrogen and oxygen atoms in total. The van der Waals surface area contributed by atoms with E-state index in [0.29, 0.717) is 11.6 Å². The van der Waals surface area contributed by atoms with Crippen LogP contribution in [0, 0.1) is 0 Å². The van der Waals surface area contributed by atoms with Gasteiger partial charge >= 0.3 is 5.97 Å². The summed E-state index contributed by atoms with van der Waals surface area (Å²) in [6.07, 6.45) is 0.213. The molecule has 0 aromatic rings. The molecule has 1 saturated heterocycles. The Morgan fingerprint density at radius 1 is 1.71 bits per heavy atom. The number of amides is 1. The van der Waals surface area contributed by atoms with E-state index in [9.17, 15) is 9.59 Å². The number of nitrogens with zero attached hydrogens (tertiary/aromatic N) is 1. The molecule has 0 bridgehead atoms. The lowest BCUT2D eigenvalue weighted by Gasteiger charge is -2.21.